The van der Waals surface area contributed by atoms with E-state index >= 15 is 0 Å². The maximum Gasteiger partial charge on any atom is 0.351 e. The van der Waals surface area contributed by atoms with E-state index in [0.717, 1.165) is 64.8 Å². The van der Waals surface area contributed by atoms with Crippen LogP contribution in [0, 0.1) is 5.92 Å². The molecule has 1 N–H and O–H groups in total. The number of rotatable bonds is 20. The first-order valence-electron chi connectivity index (χ1n) is 13.3. The summed E-state index contributed by atoms with van der Waals surface area (Å²) in [6.45, 7) is 11.7. The van der Waals surface area contributed by atoms with Crippen LogP contribution in [0.15, 0.2) is 0 Å². The van der Waals surface area contributed by atoms with Gasteiger partial charge in [0.1, 0.15) is 0 Å². The molecular formula is C25H52O5Si. The predicted molar refractivity (Wildman–Crippen MR) is 131 cm³/mol. The summed E-state index contributed by atoms with van der Waals surface area (Å²) >= 11 is 0. The van der Waals surface area contributed by atoms with Crippen LogP contribution in [0.25, 0.3) is 0 Å². The molecule has 31 heavy (non-hydrogen) atoms. The molecule has 0 radical (unpaired) electrons. The SMILES string of the molecule is CCCCCOC1CC(CC(OCC)[SiH](OCCCCC)OCCCCC)CCC1O. The lowest BCUT2D eigenvalue weighted by atomic mass is 9.83. The molecule has 4 unspecified atom stereocenters. The smallest absolute Gasteiger partial charge is 0.351 e. The van der Waals surface area contributed by atoms with E-state index in [9.17, 15) is 5.11 Å². The lowest BCUT2D eigenvalue weighted by Gasteiger charge is -2.36. The Kier molecular flexibility index (Phi) is 18.3. The third kappa shape index (κ3) is 13.3. The summed E-state index contributed by atoms with van der Waals surface area (Å²) < 4.78 is 24.9. The second kappa shape index (κ2) is 19.5. The maximum absolute atomic E-state index is 10.4. The van der Waals surface area contributed by atoms with Gasteiger partial charge in [-0.2, -0.15) is 0 Å². The van der Waals surface area contributed by atoms with Gasteiger partial charge in [-0.05, 0) is 57.8 Å². The zero-order valence-electron chi connectivity index (χ0n) is 21.0. The van der Waals surface area contributed by atoms with Gasteiger partial charge in [0.05, 0.1) is 17.9 Å². The van der Waals surface area contributed by atoms with Crippen molar-refractivity contribution in [1.29, 1.82) is 0 Å². The second-order valence-electron chi connectivity index (χ2n) is 9.12. The minimum Gasteiger partial charge on any atom is -0.395 e. The molecule has 0 heterocycles. The Balaban J connectivity index is 2.62. The third-order valence-electron chi connectivity index (χ3n) is 6.26. The first kappa shape index (κ1) is 29.0. The summed E-state index contributed by atoms with van der Waals surface area (Å²) in [5, 5.41) is 10.4. The summed E-state index contributed by atoms with van der Waals surface area (Å²) in [6, 6.07) is 0. The van der Waals surface area contributed by atoms with Crippen molar-refractivity contribution >= 4 is 9.28 Å². The zero-order chi connectivity index (χ0) is 22.7. The average Bonchev–Trinajstić information content (AvgIpc) is 2.77. The molecule has 0 bridgehead atoms. The number of aliphatic hydroxyl groups excluding tert-OH is 1. The van der Waals surface area contributed by atoms with Crippen molar-refractivity contribution < 1.29 is 23.4 Å². The molecule has 1 fully saturated rings. The molecule has 4 atom stereocenters. The molecule has 1 aliphatic rings. The fourth-order valence-electron chi connectivity index (χ4n) is 4.34. The van der Waals surface area contributed by atoms with Gasteiger partial charge in [0.25, 0.3) is 0 Å². The van der Waals surface area contributed by atoms with Crippen LogP contribution in [0.2, 0.25) is 0 Å². The highest BCUT2D eigenvalue weighted by atomic mass is 28.3. The molecule has 1 rings (SSSR count). The first-order valence-corrected chi connectivity index (χ1v) is 14.9. The highest BCUT2D eigenvalue weighted by Gasteiger charge is 2.35. The van der Waals surface area contributed by atoms with Crippen LogP contribution in [0.3, 0.4) is 0 Å². The summed E-state index contributed by atoms with van der Waals surface area (Å²) in [5.41, 5.74) is 0.0780. The third-order valence-corrected chi connectivity index (χ3v) is 8.46. The number of unbranched alkanes of at least 4 members (excludes halogenated alkanes) is 6. The Bertz CT molecular complexity index is 386. The van der Waals surface area contributed by atoms with Gasteiger partial charge in [0, 0.05) is 26.4 Å². The lowest BCUT2D eigenvalue weighted by molar-refractivity contribution is -0.0770. The monoisotopic (exact) mass is 460 g/mol. The Hall–Kier alpha value is 0.0169. The molecule has 0 saturated heterocycles. The first-order chi connectivity index (χ1) is 15.2. The Labute approximate surface area is 194 Å². The summed E-state index contributed by atoms with van der Waals surface area (Å²) in [6.07, 6.45) is 13.8. The van der Waals surface area contributed by atoms with Crippen molar-refractivity contribution in [2.45, 2.75) is 129 Å². The summed E-state index contributed by atoms with van der Waals surface area (Å²) in [5.74, 6) is 0.504. The van der Waals surface area contributed by atoms with E-state index < -0.39 is 9.28 Å². The minimum atomic E-state index is -1.92. The fourth-order valence-corrected chi connectivity index (χ4v) is 6.62. The van der Waals surface area contributed by atoms with Crippen LogP contribution in [0.4, 0.5) is 0 Å². The molecule has 1 saturated carbocycles. The van der Waals surface area contributed by atoms with E-state index in [1.165, 1.54) is 38.5 Å². The van der Waals surface area contributed by atoms with Crippen LogP contribution in [-0.2, 0) is 18.3 Å². The summed E-state index contributed by atoms with van der Waals surface area (Å²) in [7, 11) is -1.92. The van der Waals surface area contributed by atoms with Crippen molar-refractivity contribution in [1.82, 2.24) is 0 Å². The topological polar surface area (TPSA) is 57.2 Å². The van der Waals surface area contributed by atoms with E-state index in [0.29, 0.717) is 12.5 Å². The van der Waals surface area contributed by atoms with Crippen molar-refractivity contribution in [3.8, 4) is 0 Å². The van der Waals surface area contributed by atoms with E-state index in [4.69, 9.17) is 18.3 Å². The van der Waals surface area contributed by atoms with Crippen LogP contribution < -0.4 is 0 Å². The van der Waals surface area contributed by atoms with Gasteiger partial charge in [0.2, 0.25) is 0 Å². The second-order valence-corrected chi connectivity index (χ2v) is 11.3. The average molecular weight is 461 g/mol. The van der Waals surface area contributed by atoms with Gasteiger partial charge < -0.3 is 23.4 Å². The van der Waals surface area contributed by atoms with Crippen LogP contribution in [0.1, 0.15) is 111 Å². The quantitative estimate of drug-likeness (QED) is 0.187. The number of ether oxygens (including phenoxy) is 2. The van der Waals surface area contributed by atoms with Crippen molar-refractivity contribution in [3.05, 3.63) is 0 Å². The van der Waals surface area contributed by atoms with Crippen LogP contribution >= 0.6 is 0 Å². The highest BCUT2D eigenvalue weighted by molar-refractivity contribution is 6.46. The van der Waals surface area contributed by atoms with Gasteiger partial charge in [-0.15, -0.1) is 0 Å². The van der Waals surface area contributed by atoms with Gasteiger partial charge >= 0.3 is 9.28 Å². The largest absolute Gasteiger partial charge is 0.395 e. The summed E-state index contributed by atoms with van der Waals surface area (Å²) in [4.78, 5) is 0. The Morgan fingerprint density at radius 1 is 0.806 bits per heavy atom. The molecule has 0 aromatic carbocycles. The van der Waals surface area contributed by atoms with E-state index in [-0.39, 0.29) is 17.9 Å². The fraction of sp³-hybridized carbons (Fsp3) is 1.00. The van der Waals surface area contributed by atoms with Gasteiger partial charge in [-0.1, -0.05) is 59.3 Å². The Morgan fingerprint density at radius 3 is 1.94 bits per heavy atom. The van der Waals surface area contributed by atoms with Gasteiger partial charge in [-0.25, -0.2) is 0 Å². The van der Waals surface area contributed by atoms with Gasteiger partial charge in [0.15, 0.2) is 0 Å². The number of hydrogen-bond donors (Lipinski definition) is 1. The molecule has 186 valence electrons. The van der Waals surface area contributed by atoms with Crippen LogP contribution in [-0.4, -0.2) is 58.8 Å². The van der Waals surface area contributed by atoms with Crippen molar-refractivity contribution in [2.75, 3.05) is 26.4 Å². The Morgan fingerprint density at radius 2 is 1.39 bits per heavy atom. The predicted octanol–water partition coefficient (Wildman–Crippen LogP) is 5.69. The van der Waals surface area contributed by atoms with Gasteiger partial charge in [-0.3, -0.25) is 0 Å². The highest BCUT2D eigenvalue weighted by Crippen LogP contribution is 2.31. The molecule has 0 spiro atoms. The molecule has 1 aliphatic carbocycles. The standard InChI is InChI=1S/C25H52O5Si/c1-5-9-12-17-28-24-20-22(15-16-23(24)26)21-25(27-8-4)31(29-18-13-10-6-2)30-19-14-11-7-3/h22-26,31H,5-21H2,1-4H3. The number of aliphatic hydroxyl groups is 1. The maximum atomic E-state index is 10.4. The molecule has 5 nitrogen and oxygen atoms in total. The molecule has 0 aliphatic heterocycles. The minimum absolute atomic E-state index is 0.0334. The lowest BCUT2D eigenvalue weighted by Crippen LogP contribution is -2.43. The van der Waals surface area contributed by atoms with Crippen molar-refractivity contribution in [2.24, 2.45) is 5.92 Å². The molecule has 6 heteroatoms. The molecule has 0 aromatic rings. The normalized spacial score (nSPS) is 22.8. The van der Waals surface area contributed by atoms with Crippen LogP contribution in [0.5, 0.6) is 0 Å². The molecule has 0 amide bonds. The van der Waals surface area contributed by atoms with E-state index in [1.807, 2.05) is 0 Å². The van der Waals surface area contributed by atoms with E-state index in [2.05, 4.69) is 27.7 Å². The zero-order valence-corrected chi connectivity index (χ0v) is 22.1. The molecular weight excluding hydrogens is 408 g/mol. The van der Waals surface area contributed by atoms with Crippen molar-refractivity contribution in [3.63, 3.8) is 0 Å². The van der Waals surface area contributed by atoms with E-state index in [1.54, 1.807) is 0 Å². The number of hydrogen-bond acceptors (Lipinski definition) is 5. The molecule has 0 aromatic heterocycles.